The Morgan fingerprint density at radius 1 is 1.65 bits per heavy atom. The first-order valence-corrected chi connectivity index (χ1v) is 6.74. The molecule has 0 aliphatic carbocycles. The van der Waals surface area contributed by atoms with E-state index in [2.05, 4.69) is 33.3 Å². The van der Waals surface area contributed by atoms with E-state index in [1.165, 1.54) is 0 Å². The maximum absolute atomic E-state index is 12.2. The van der Waals surface area contributed by atoms with E-state index in [1.54, 1.807) is 4.68 Å². The lowest BCUT2D eigenvalue weighted by atomic mass is 9.94. The number of ketones is 1. The summed E-state index contributed by atoms with van der Waals surface area (Å²) in [6, 6.07) is 0.301. The van der Waals surface area contributed by atoms with Crippen LogP contribution in [0.4, 0.5) is 0 Å². The molecule has 0 saturated carbocycles. The van der Waals surface area contributed by atoms with Crippen LogP contribution in [0.1, 0.15) is 24.7 Å². The fourth-order valence-electron chi connectivity index (χ4n) is 2.47. The van der Waals surface area contributed by atoms with Crippen molar-refractivity contribution < 1.29 is 4.79 Å². The second kappa shape index (κ2) is 4.90. The lowest BCUT2D eigenvalue weighted by molar-refractivity contribution is -0.122. The van der Waals surface area contributed by atoms with Crippen molar-refractivity contribution in [3.63, 3.8) is 0 Å². The van der Waals surface area contributed by atoms with Gasteiger partial charge in [0.15, 0.2) is 0 Å². The second-order valence-electron chi connectivity index (χ2n) is 4.75. The molecule has 0 amide bonds. The Morgan fingerprint density at radius 3 is 2.82 bits per heavy atom. The topological polar surface area (TPSA) is 46.9 Å². The summed E-state index contributed by atoms with van der Waals surface area (Å²) in [5.41, 5.74) is 1.92. The van der Waals surface area contributed by atoms with Crippen molar-refractivity contribution in [3.05, 3.63) is 15.9 Å². The molecule has 5 heteroatoms. The minimum absolute atomic E-state index is 0.150. The molecule has 1 N–H and O–H groups in total. The van der Waals surface area contributed by atoms with Crippen LogP contribution >= 0.6 is 15.9 Å². The molecular formula is C12H18BrN3O. The third-order valence-electron chi connectivity index (χ3n) is 3.54. The van der Waals surface area contributed by atoms with Gasteiger partial charge in [-0.25, -0.2) is 0 Å². The van der Waals surface area contributed by atoms with E-state index in [9.17, 15) is 4.79 Å². The third-order valence-corrected chi connectivity index (χ3v) is 4.57. The van der Waals surface area contributed by atoms with Gasteiger partial charge in [0, 0.05) is 25.4 Å². The number of nitrogens with one attached hydrogen (secondary N) is 1. The van der Waals surface area contributed by atoms with E-state index in [0.717, 1.165) is 28.8 Å². The summed E-state index contributed by atoms with van der Waals surface area (Å²) < 4.78 is 2.76. The molecule has 0 spiro atoms. The summed E-state index contributed by atoms with van der Waals surface area (Å²) in [7, 11) is 1.89. The number of rotatable bonds is 3. The van der Waals surface area contributed by atoms with Gasteiger partial charge in [0.1, 0.15) is 5.78 Å². The summed E-state index contributed by atoms with van der Waals surface area (Å²) >= 11 is 3.50. The minimum Gasteiger partial charge on any atom is -0.314 e. The number of hydrogen-bond acceptors (Lipinski definition) is 3. The molecule has 2 heterocycles. The zero-order valence-corrected chi connectivity index (χ0v) is 12.0. The standard InChI is InChI=1S/C12H18BrN3O/c1-7-9(4-5-14-7)11(17)6-10-12(13)8(2)15-16(10)3/h7,9,14H,4-6H2,1-3H3. The molecular weight excluding hydrogens is 282 g/mol. The molecule has 1 aromatic rings. The molecule has 1 fully saturated rings. The number of carbonyl (C=O) groups is 1. The Kier molecular flexibility index (Phi) is 3.68. The van der Waals surface area contributed by atoms with Crippen molar-refractivity contribution in [3.8, 4) is 0 Å². The summed E-state index contributed by atoms with van der Waals surface area (Å²) in [5.74, 6) is 0.461. The second-order valence-corrected chi connectivity index (χ2v) is 5.54. The van der Waals surface area contributed by atoms with Crippen LogP contribution in [-0.4, -0.2) is 28.2 Å². The quantitative estimate of drug-likeness (QED) is 0.922. The molecule has 94 valence electrons. The van der Waals surface area contributed by atoms with E-state index in [-0.39, 0.29) is 5.92 Å². The van der Waals surface area contributed by atoms with Gasteiger partial charge in [-0.3, -0.25) is 9.48 Å². The van der Waals surface area contributed by atoms with Crippen LogP contribution in [0, 0.1) is 12.8 Å². The van der Waals surface area contributed by atoms with Gasteiger partial charge in [-0.05, 0) is 42.7 Å². The minimum atomic E-state index is 0.150. The van der Waals surface area contributed by atoms with Crippen LogP contribution in [0.2, 0.25) is 0 Å². The number of Topliss-reactive ketones (excluding diaryl/α,β-unsaturated/α-hetero) is 1. The van der Waals surface area contributed by atoms with E-state index in [4.69, 9.17) is 0 Å². The maximum Gasteiger partial charge on any atom is 0.143 e. The zero-order chi connectivity index (χ0) is 12.6. The molecule has 0 bridgehead atoms. The van der Waals surface area contributed by atoms with E-state index in [1.807, 2.05) is 14.0 Å². The van der Waals surface area contributed by atoms with Gasteiger partial charge in [0.2, 0.25) is 0 Å². The largest absolute Gasteiger partial charge is 0.314 e. The van der Waals surface area contributed by atoms with Crippen LogP contribution < -0.4 is 5.32 Å². The van der Waals surface area contributed by atoms with Gasteiger partial charge < -0.3 is 5.32 Å². The molecule has 0 radical (unpaired) electrons. The highest BCUT2D eigenvalue weighted by Gasteiger charge is 2.30. The van der Waals surface area contributed by atoms with Crippen molar-refractivity contribution in [2.24, 2.45) is 13.0 Å². The molecule has 0 aromatic carbocycles. The molecule has 4 nitrogen and oxygen atoms in total. The number of nitrogens with zero attached hydrogens (tertiary/aromatic N) is 2. The molecule has 2 unspecified atom stereocenters. The smallest absolute Gasteiger partial charge is 0.143 e. The Hall–Kier alpha value is -0.680. The van der Waals surface area contributed by atoms with Crippen molar-refractivity contribution in [1.82, 2.24) is 15.1 Å². The van der Waals surface area contributed by atoms with Gasteiger partial charge in [-0.2, -0.15) is 5.10 Å². The summed E-state index contributed by atoms with van der Waals surface area (Å²) in [6.45, 7) is 4.97. The summed E-state index contributed by atoms with van der Waals surface area (Å²) in [4.78, 5) is 12.2. The zero-order valence-electron chi connectivity index (χ0n) is 10.5. The predicted octanol–water partition coefficient (Wildman–Crippen LogP) is 1.60. The SMILES string of the molecule is Cc1nn(C)c(CC(=O)C2CCNC2C)c1Br. The molecule has 2 atom stereocenters. The molecule has 17 heavy (non-hydrogen) atoms. The highest BCUT2D eigenvalue weighted by Crippen LogP contribution is 2.24. The first-order valence-electron chi connectivity index (χ1n) is 5.94. The summed E-state index contributed by atoms with van der Waals surface area (Å²) in [5, 5.41) is 7.63. The maximum atomic E-state index is 12.2. The lowest BCUT2D eigenvalue weighted by Gasteiger charge is -2.13. The van der Waals surface area contributed by atoms with Gasteiger partial charge in [-0.1, -0.05) is 0 Å². The van der Waals surface area contributed by atoms with Gasteiger partial charge in [-0.15, -0.1) is 0 Å². The van der Waals surface area contributed by atoms with Gasteiger partial charge >= 0.3 is 0 Å². The van der Waals surface area contributed by atoms with Crippen molar-refractivity contribution >= 4 is 21.7 Å². The number of hydrogen-bond donors (Lipinski definition) is 1. The molecule has 2 rings (SSSR count). The monoisotopic (exact) mass is 299 g/mol. The highest BCUT2D eigenvalue weighted by molar-refractivity contribution is 9.10. The van der Waals surface area contributed by atoms with Crippen LogP contribution in [-0.2, 0) is 18.3 Å². The van der Waals surface area contributed by atoms with E-state index in [0.29, 0.717) is 18.2 Å². The first kappa shape index (κ1) is 12.8. The Bertz CT molecular complexity index is 441. The molecule has 1 saturated heterocycles. The fourth-order valence-corrected chi connectivity index (χ4v) is 2.94. The number of aromatic nitrogens is 2. The number of halogens is 1. The van der Waals surface area contributed by atoms with Crippen LogP contribution in [0.25, 0.3) is 0 Å². The van der Waals surface area contributed by atoms with Crippen molar-refractivity contribution in [1.29, 1.82) is 0 Å². The number of aryl methyl sites for hydroxylation is 2. The van der Waals surface area contributed by atoms with Crippen LogP contribution in [0.15, 0.2) is 4.47 Å². The highest BCUT2D eigenvalue weighted by atomic mass is 79.9. The van der Waals surface area contributed by atoms with E-state index >= 15 is 0 Å². The van der Waals surface area contributed by atoms with Crippen molar-refractivity contribution in [2.45, 2.75) is 32.7 Å². The molecule has 1 aromatic heterocycles. The summed E-state index contributed by atoms with van der Waals surface area (Å²) in [6.07, 6.45) is 1.42. The predicted molar refractivity (Wildman–Crippen MR) is 69.9 cm³/mol. The first-order chi connectivity index (χ1) is 8.00. The van der Waals surface area contributed by atoms with Crippen LogP contribution in [0.3, 0.4) is 0 Å². The normalized spacial score (nSPS) is 24.2. The fraction of sp³-hybridized carbons (Fsp3) is 0.667. The van der Waals surface area contributed by atoms with Crippen LogP contribution in [0.5, 0.6) is 0 Å². The van der Waals surface area contributed by atoms with Gasteiger partial charge in [0.05, 0.1) is 15.9 Å². The molecule has 1 aliphatic heterocycles. The average Bonchev–Trinajstić information content (AvgIpc) is 2.78. The van der Waals surface area contributed by atoms with Gasteiger partial charge in [0.25, 0.3) is 0 Å². The average molecular weight is 300 g/mol. The lowest BCUT2D eigenvalue weighted by Crippen LogP contribution is -2.29. The Labute approximate surface area is 110 Å². The number of carbonyl (C=O) groups excluding carboxylic acids is 1. The van der Waals surface area contributed by atoms with Crippen molar-refractivity contribution in [2.75, 3.05) is 6.54 Å². The third kappa shape index (κ3) is 2.45. The van der Waals surface area contributed by atoms with E-state index < -0.39 is 0 Å². The molecule has 1 aliphatic rings. The Balaban J connectivity index is 2.13. The Morgan fingerprint density at radius 2 is 2.35 bits per heavy atom.